The molecule has 0 bridgehead atoms. The van der Waals surface area contributed by atoms with Crippen LogP contribution in [0.15, 0.2) is 83.5 Å². The molecule has 1 amide bonds. The van der Waals surface area contributed by atoms with E-state index in [1.165, 1.54) is 24.3 Å². The third-order valence-corrected chi connectivity index (χ3v) is 6.69. The summed E-state index contributed by atoms with van der Waals surface area (Å²) in [7, 11) is 0. The van der Waals surface area contributed by atoms with Crippen LogP contribution in [0.1, 0.15) is 39.1 Å². The SMILES string of the molecule is Cc1ccc(C(=O)N(c2ccccn2)C2CC2)cc1-c1cnc2oc(-c3ccc(F)cc3)c(C(=O)O)c2c1. The Morgan fingerprint density at radius 2 is 1.79 bits per heavy atom. The van der Waals surface area contributed by atoms with Gasteiger partial charge in [-0.2, -0.15) is 0 Å². The number of rotatable bonds is 6. The van der Waals surface area contributed by atoms with Crippen LogP contribution in [0.4, 0.5) is 10.2 Å². The molecule has 1 aliphatic carbocycles. The molecule has 6 rings (SSSR count). The predicted octanol–water partition coefficient (Wildman–Crippen LogP) is 6.51. The zero-order valence-electron chi connectivity index (χ0n) is 20.4. The predicted molar refractivity (Wildman–Crippen MR) is 141 cm³/mol. The van der Waals surface area contributed by atoms with E-state index in [0.29, 0.717) is 27.9 Å². The fourth-order valence-corrected chi connectivity index (χ4v) is 4.64. The number of hydrogen-bond acceptors (Lipinski definition) is 5. The van der Waals surface area contributed by atoms with Crippen molar-refractivity contribution in [3.63, 3.8) is 0 Å². The van der Waals surface area contributed by atoms with Gasteiger partial charge in [0.15, 0.2) is 5.76 Å². The fourth-order valence-electron chi connectivity index (χ4n) is 4.64. The van der Waals surface area contributed by atoms with Crippen molar-refractivity contribution in [2.24, 2.45) is 0 Å². The van der Waals surface area contributed by atoms with E-state index in [1.54, 1.807) is 35.5 Å². The van der Waals surface area contributed by atoms with Gasteiger partial charge in [-0.3, -0.25) is 9.69 Å². The van der Waals surface area contributed by atoms with Crippen LogP contribution in [-0.4, -0.2) is 33.0 Å². The number of pyridine rings is 2. The number of fused-ring (bicyclic) bond motifs is 1. The van der Waals surface area contributed by atoms with E-state index >= 15 is 0 Å². The number of nitrogens with zero attached hydrogens (tertiary/aromatic N) is 3. The van der Waals surface area contributed by atoms with E-state index in [-0.39, 0.29) is 29.0 Å². The number of amides is 1. The van der Waals surface area contributed by atoms with Gasteiger partial charge in [-0.05, 0) is 85.5 Å². The minimum absolute atomic E-state index is 0.0547. The third kappa shape index (κ3) is 4.20. The molecule has 7 nitrogen and oxygen atoms in total. The maximum atomic E-state index is 13.6. The van der Waals surface area contributed by atoms with Crippen molar-refractivity contribution in [3.8, 4) is 22.5 Å². The highest BCUT2D eigenvalue weighted by atomic mass is 19.1. The molecule has 0 atom stereocenters. The number of aryl methyl sites for hydroxylation is 1. The van der Waals surface area contributed by atoms with Crippen LogP contribution in [0.3, 0.4) is 0 Å². The minimum atomic E-state index is -1.18. The van der Waals surface area contributed by atoms with Gasteiger partial charge in [0.25, 0.3) is 5.91 Å². The molecule has 2 aromatic carbocycles. The molecule has 1 N–H and O–H groups in total. The largest absolute Gasteiger partial charge is 0.478 e. The van der Waals surface area contributed by atoms with E-state index < -0.39 is 11.8 Å². The number of aromatic nitrogens is 2. The van der Waals surface area contributed by atoms with Gasteiger partial charge in [0.1, 0.15) is 17.2 Å². The Hall–Kier alpha value is -4.85. The van der Waals surface area contributed by atoms with Crippen molar-refractivity contribution in [1.82, 2.24) is 9.97 Å². The van der Waals surface area contributed by atoms with Gasteiger partial charge in [0.05, 0.1) is 5.39 Å². The van der Waals surface area contributed by atoms with Crippen molar-refractivity contribution in [1.29, 1.82) is 0 Å². The Morgan fingerprint density at radius 3 is 2.47 bits per heavy atom. The summed E-state index contributed by atoms with van der Waals surface area (Å²) in [5.41, 5.74) is 3.34. The summed E-state index contributed by atoms with van der Waals surface area (Å²) in [5, 5.41) is 10.3. The van der Waals surface area contributed by atoms with Crippen molar-refractivity contribution < 1.29 is 23.5 Å². The molecule has 188 valence electrons. The zero-order valence-corrected chi connectivity index (χ0v) is 20.4. The minimum Gasteiger partial charge on any atom is -0.478 e. The summed E-state index contributed by atoms with van der Waals surface area (Å²) in [5.74, 6) is -1.04. The number of aromatic carboxylic acids is 1. The van der Waals surface area contributed by atoms with Gasteiger partial charge in [-0.1, -0.05) is 12.1 Å². The molecule has 3 aromatic heterocycles. The molecule has 0 aliphatic heterocycles. The molecule has 0 unspecified atom stereocenters. The average Bonchev–Trinajstić information content (AvgIpc) is 3.68. The molecule has 0 saturated heterocycles. The first-order chi connectivity index (χ1) is 18.4. The van der Waals surface area contributed by atoms with E-state index in [9.17, 15) is 19.1 Å². The summed E-state index contributed by atoms with van der Waals surface area (Å²) in [6.45, 7) is 1.92. The number of halogens is 1. The summed E-state index contributed by atoms with van der Waals surface area (Å²) in [6.07, 6.45) is 5.12. The Kier molecular flexibility index (Phi) is 5.72. The van der Waals surface area contributed by atoms with Gasteiger partial charge in [-0.25, -0.2) is 19.2 Å². The van der Waals surface area contributed by atoms with Crippen LogP contribution in [0, 0.1) is 12.7 Å². The lowest BCUT2D eigenvalue weighted by Crippen LogP contribution is -2.33. The summed E-state index contributed by atoms with van der Waals surface area (Å²) >= 11 is 0. The molecular formula is C30H22FN3O4. The molecule has 0 spiro atoms. The van der Waals surface area contributed by atoms with Crippen molar-refractivity contribution >= 4 is 28.8 Å². The second-order valence-electron chi connectivity index (χ2n) is 9.32. The number of carboxylic acids is 1. The van der Waals surface area contributed by atoms with Gasteiger partial charge in [0, 0.05) is 35.1 Å². The van der Waals surface area contributed by atoms with E-state index in [1.807, 2.05) is 31.2 Å². The first-order valence-electron chi connectivity index (χ1n) is 12.2. The molecule has 3 heterocycles. The molecule has 5 aromatic rings. The van der Waals surface area contributed by atoms with Crippen LogP contribution in [0.2, 0.25) is 0 Å². The van der Waals surface area contributed by atoms with Crippen LogP contribution in [0.5, 0.6) is 0 Å². The highest BCUT2D eigenvalue weighted by molar-refractivity contribution is 6.09. The Labute approximate surface area is 217 Å². The topological polar surface area (TPSA) is 96.5 Å². The van der Waals surface area contributed by atoms with Crippen molar-refractivity contribution in [3.05, 3.63) is 102 Å². The normalized spacial score (nSPS) is 13.0. The number of benzene rings is 2. The van der Waals surface area contributed by atoms with Crippen LogP contribution >= 0.6 is 0 Å². The van der Waals surface area contributed by atoms with E-state index in [4.69, 9.17) is 4.42 Å². The third-order valence-electron chi connectivity index (χ3n) is 6.69. The van der Waals surface area contributed by atoms with Crippen LogP contribution in [0.25, 0.3) is 33.6 Å². The molecule has 1 fully saturated rings. The molecule has 1 aliphatic rings. The quantitative estimate of drug-likeness (QED) is 0.281. The average molecular weight is 508 g/mol. The Balaban J connectivity index is 1.43. The van der Waals surface area contributed by atoms with Gasteiger partial charge < -0.3 is 9.52 Å². The zero-order chi connectivity index (χ0) is 26.4. The van der Waals surface area contributed by atoms with Crippen LogP contribution in [-0.2, 0) is 0 Å². The molecule has 38 heavy (non-hydrogen) atoms. The molecule has 0 radical (unpaired) electrons. The smallest absolute Gasteiger partial charge is 0.340 e. The van der Waals surface area contributed by atoms with Gasteiger partial charge >= 0.3 is 5.97 Å². The van der Waals surface area contributed by atoms with Gasteiger partial charge in [0.2, 0.25) is 5.71 Å². The highest BCUT2D eigenvalue weighted by Crippen LogP contribution is 2.37. The molecular weight excluding hydrogens is 485 g/mol. The lowest BCUT2D eigenvalue weighted by atomic mass is 9.97. The summed E-state index contributed by atoms with van der Waals surface area (Å²) in [6, 6.07) is 18.2. The molecule has 8 heteroatoms. The number of carboxylic acid groups (broad SMARTS) is 1. The second-order valence-corrected chi connectivity index (χ2v) is 9.32. The monoisotopic (exact) mass is 507 g/mol. The molecule has 1 saturated carbocycles. The van der Waals surface area contributed by atoms with Gasteiger partial charge in [-0.15, -0.1) is 0 Å². The Bertz CT molecular complexity index is 1690. The maximum absolute atomic E-state index is 13.6. The Morgan fingerprint density at radius 1 is 1.00 bits per heavy atom. The second kappa shape index (κ2) is 9.23. The lowest BCUT2D eigenvalue weighted by Gasteiger charge is -2.22. The standard InChI is InChI=1S/C30H22FN3O4/c1-17-5-6-19(29(35)34(22-11-12-22)25-4-2-3-13-32-25)14-23(17)20-15-24-26(30(36)37)27(38-28(24)33-16-20)18-7-9-21(31)10-8-18/h2-10,13-16,22H,11-12H2,1H3,(H,36,37). The first kappa shape index (κ1) is 23.5. The van der Waals surface area contributed by atoms with Crippen molar-refractivity contribution in [2.75, 3.05) is 4.90 Å². The number of carbonyl (C=O) groups excluding carboxylic acids is 1. The first-order valence-corrected chi connectivity index (χ1v) is 12.2. The number of carbonyl (C=O) groups is 2. The highest BCUT2D eigenvalue weighted by Gasteiger charge is 2.35. The lowest BCUT2D eigenvalue weighted by molar-refractivity contribution is 0.0698. The number of furan rings is 1. The van der Waals surface area contributed by atoms with E-state index in [0.717, 1.165) is 24.0 Å². The number of anilines is 1. The van der Waals surface area contributed by atoms with Crippen molar-refractivity contribution in [2.45, 2.75) is 25.8 Å². The maximum Gasteiger partial charge on any atom is 0.340 e. The van der Waals surface area contributed by atoms with Crippen LogP contribution < -0.4 is 4.90 Å². The summed E-state index contributed by atoms with van der Waals surface area (Å²) in [4.78, 5) is 36.4. The fraction of sp³-hybridized carbons (Fsp3) is 0.133. The van der Waals surface area contributed by atoms with E-state index in [2.05, 4.69) is 9.97 Å². The number of hydrogen-bond donors (Lipinski definition) is 1. The summed E-state index contributed by atoms with van der Waals surface area (Å²) < 4.78 is 19.2.